The van der Waals surface area contributed by atoms with Gasteiger partial charge in [0.25, 0.3) is 0 Å². The molecule has 0 aromatic carbocycles. The van der Waals surface area contributed by atoms with Crippen molar-refractivity contribution in [2.45, 2.75) is 154 Å². The fourth-order valence-corrected chi connectivity index (χ4v) is 6.52. The molecule has 0 spiro atoms. The Bertz CT molecular complexity index is 1620. The van der Waals surface area contributed by atoms with Crippen LogP contribution in [0.5, 0.6) is 0 Å². The maximum absolute atomic E-state index is 13.3. The van der Waals surface area contributed by atoms with Gasteiger partial charge >= 0.3 is 0 Å². The van der Waals surface area contributed by atoms with Gasteiger partial charge in [0.05, 0.1) is 67.1 Å². The zero-order valence-corrected chi connectivity index (χ0v) is 43.6. The molecule has 71 heavy (non-hydrogen) atoms. The first-order valence-corrected chi connectivity index (χ1v) is 24.6. The maximum atomic E-state index is 13.3. The van der Waals surface area contributed by atoms with Crippen LogP contribution < -0.4 is 59.3 Å². The first-order chi connectivity index (χ1) is 33.6. The molecule has 0 aliphatic rings. The Hall–Kier alpha value is -5.05. The van der Waals surface area contributed by atoms with E-state index in [1.54, 1.807) is 27.9 Å². The van der Waals surface area contributed by atoms with E-state index in [1.165, 1.54) is 0 Å². The molecule has 0 aromatic rings. The van der Waals surface area contributed by atoms with E-state index < -0.39 is 46.9 Å². The van der Waals surface area contributed by atoms with Crippen LogP contribution in [0, 0.1) is 0 Å². The number of hydrogen-bond donors (Lipinski definition) is 13. The number of nitrogens with one attached hydrogen (secondary N) is 9. The number of nitrogens with two attached hydrogens (primary N) is 2. The van der Waals surface area contributed by atoms with E-state index in [2.05, 4.69) is 58.2 Å². The average Bonchev–Trinajstić information content (AvgIpc) is 3.32. The Balaban J connectivity index is 4.91. The third-order valence-electron chi connectivity index (χ3n) is 11.8. The van der Waals surface area contributed by atoms with E-state index in [4.69, 9.17) is 25.7 Å². The highest BCUT2D eigenvalue weighted by atomic mass is 16.5. The van der Waals surface area contributed by atoms with Crippen molar-refractivity contribution in [3.63, 3.8) is 0 Å². The molecule has 0 aliphatic carbocycles. The largest absolute Gasteiger partial charge is 0.411 e. The summed E-state index contributed by atoms with van der Waals surface area (Å²) in [7, 11) is 3.32. The van der Waals surface area contributed by atoms with Gasteiger partial charge in [0.1, 0.15) is 19.3 Å². The minimum absolute atomic E-state index is 0.0232. The summed E-state index contributed by atoms with van der Waals surface area (Å²) in [4.78, 5) is 86.6. The molecule has 3 atom stereocenters. The summed E-state index contributed by atoms with van der Waals surface area (Å²) >= 11 is 0. The van der Waals surface area contributed by atoms with Crippen LogP contribution >= 0.6 is 0 Å². The van der Waals surface area contributed by atoms with Crippen LogP contribution in [0.4, 0.5) is 0 Å². The van der Waals surface area contributed by atoms with Crippen LogP contribution in [0.25, 0.3) is 0 Å². The van der Waals surface area contributed by atoms with Gasteiger partial charge in [-0.15, -0.1) is 0 Å². The van der Waals surface area contributed by atoms with Gasteiger partial charge in [-0.25, -0.2) is 0 Å². The topological polar surface area (TPSA) is 373 Å². The Morgan fingerprint density at radius 1 is 0.521 bits per heavy atom. The molecule has 0 aromatic heterocycles. The van der Waals surface area contributed by atoms with Crippen LogP contribution in [-0.2, 0) is 47.8 Å². The van der Waals surface area contributed by atoms with Gasteiger partial charge in [-0.2, -0.15) is 0 Å². The predicted octanol–water partition coefficient (Wildman–Crippen LogP) is -1.38. The van der Waals surface area contributed by atoms with Crippen molar-refractivity contribution in [1.82, 2.24) is 47.9 Å². The Morgan fingerprint density at radius 3 is 1.30 bits per heavy atom. The van der Waals surface area contributed by atoms with E-state index in [0.29, 0.717) is 89.1 Å². The lowest BCUT2D eigenvalue weighted by molar-refractivity contribution is -0.129. The summed E-state index contributed by atoms with van der Waals surface area (Å²) in [5.41, 5.74) is 10.2. The first kappa shape index (κ1) is 66.0. The summed E-state index contributed by atoms with van der Waals surface area (Å²) in [6.45, 7) is 12.9. The van der Waals surface area contributed by atoms with Gasteiger partial charge in [0.2, 0.25) is 41.4 Å². The number of likely N-dealkylation sites (N-methyl/N-ethyl adjacent to an activating group) is 2. The van der Waals surface area contributed by atoms with Gasteiger partial charge < -0.3 is 83.9 Å². The second-order valence-corrected chi connectivity index (χ2v) is 18.3. The number of rotatable bonds is 44. The molecule has 0 fully saturated rings. The number of carbonyl (C=O) groups excluding carboxylic acids is 7. The molecule has 0 rings (SSSR count). The molecule has 0 saturated carbocycles. The number of hydrogen-bond acceptors (Lipinski definition) is 18. The fraction of sp³-hybridized carbons (Fsp3) is 0.804. The van der Waals surface area contributed by atoms with Crippen molar-refractivity contribution in [3.05, 3.63) is 0 Å². The molecule has 0 aliphatic heterocycles. The number of ether oxygens (including phenoxy) is 3. The van der Waals surface area contributed by atoms with Crippen LogP contribution in [0.15, 0.2) is 10.3 Å². The maximum Gasteiger partial charge on any atom is 0.245 e. The van der Waals surface area contributed by atoms with Gasteiger partial charge in [-0.05, 0) is 120 Å². The highest BCUT2D eigenvalue weighted by Crippen LogP contribution is 2.09. The molecule has 25 nitrogen and oxygen atoms in total. The minimum atomic E-state index is -0.873. The van der Waals surface area contributed by atoms with Crippen molar-refractivity contribution in [2.24, 2.45) is 21.8 Å². The molecule has 0 unspecified atom stereocenters. The first-order valence-electron chi connectivity index (χ1n) is 24.6. The van der Waals surface area contributed by atoms with Crippen molar-refractivity contribution in [2.75, 3.05) is 86.5 Å². The lowest BCUT2D eigenvalue weighted by atomic mass is 9.98. The predicted molar refractivity (Wildman–Crippen MR) is 269 cm³/mol. The monoisotopic (exact) mass is 1020 g/mol. The normalized spacial score (nSPS) is 13.5. The Morgan fingerprint density at radius 2 is 0.901 bits per heavy atom. The van der Waals surface area contributed by atoms with Crippen molar-refractivity contribution in [1.29, 1.82) is 0 Å². The zero-order chi connectivity index (χ0) is 53.7. The Labute approximate surface area is 420 Å². The number of nitrogens with zero attached hydrogens (tertiary/aromatic N) is 2. The molecule has 0 saturated heterocycles. The second-order valence-electron chi connectivity index (χ2n) is 18.3. The summed E-state index contributed by atoms with van der Waals surface area (Å²) in [5, 5.41) is 51.7. The third-order valence-corrected chi connectivity index (χ3v) is 11.8. The smallest absolute Gasteiger partial charge is 0.245 e. The molecule has 410 valence electrons. The number of oxime groups is 2. The van der Waals surface area contributed by atoms with Crippen molar-refractivity contribution >= 4 is 52.8 Å². The summed E-state index contributed by atoms with van der Waals surface area (Å²) in [5.74, 6) is -2.55. The molecule has 0 bridgehead atoms. The zero-order valence-electron chi connectivity index (χ0n) is 43.6. The Kier molecular flexibility index (Phi) is 35.9. The second kappa shape index (κ2) is 38.6. The molecule has 25 heteroatoms. The van der Waals surface area contributed by atoms with Gasteiger partial charge in [0, 0.05) is 45.6 Å². The third kappa shape index (κ3) is 32.5. The van der Waals surface area contributed by atoms with Gasteiger partial charge in [-0.3, -0.25) is 33.6 Å². The molecule has 0 radical (unpaired) electrons. The minimum Gasteiger partial charge on any atom is -0.411 e. The van der Waals surface area contributed by atoms with E-state index in [0.717, 1.165) is 6.42 Å². The molecule has 7 amide bonds. The highest BCUT2D eigenvalue weighted by molar-refractivity contribution is 5.91. The average molecular weight is 1020 g/mol. The number of primary amides is 2. The van der Waals surface area contributed by atoms with Crippen LogP contribution in [-0.4, -0.2) is 185 Å². The molecule has 15 N–H and O–H groups in total. The lowest BCUT2D eigenvalue weighted by Crippen LogP contribution is -2.57. The fourth-order valence-electron chi connectivity index (χ4n) is 6.52. The molecular formula is C46H89N13O12. The quantitative estimate of drug-likeness (QED) is 0.0145. The van der Waals surface area contributed by atoms with E-state index in [-0.39, 0.29) is 95.0 Å². The van der Waals surface area contributed by atoms with Crippen LogP contribution in [0.3, 0.4) is 0 Å². The van der Waals surface area contributed by atoms with Crippen molar-refractivity contribution in [3.8, 4) is 0 Å². The van der Waals surface area contributed by atoms with E-state index in [1.807, 2.05) is 27.7 Å². The lowest BCUT2D eigenvalue weighted by Gasteiger charge is -2.32. The van der Waals surface area contributed by atoms with Crippen LogP contribution in [0.1, 0.15) is 119 Å². The standard InChI is InChI=1S/C46H89N13O12/c1-32(58-67)45(3,4)54-28-34(29-55-46(5,6)33(2)59-68)56-38(60)19-15-20-39(61)57-37(44(66)53-23-14-10-17-36(50-8)43(48)65)18-11-13-22-52-41(63)31-71-27-25-69-24-26-70-30-40(62)51-21-12-9-16-35(49-7)42(47)64/h34-37,49-50,54-55,67-68H,9-31H2,1-8H3,(H2,47,64)(H2,48,65)(H,51,62)(H,52,63)(H,53,66)(H,56,60)(H,57,61)/b58-32-,59-33-/t35-,36-,37-/m0/s1. The van der Waals surface area contributed by atoms with E-state index in [9.17, 15) is 44.0 Å². The molecule has 0 heterocycles. The summed E-state index contributed by atoms with van der Waals surface area (Å²) in [6.07, 6.45) is 5.21. The number of unbranched alkanes of at least 4 members (excludes halogenated alkanes) is 3. The molecular weight excluding hydrogens is 927 g/mol. The van der Waals surface area contributed by atoms with Gasteiger partial charge in [0.15, 0.2) is 0 Å². The number of amides is 7. The van der Waals surface area contributed by atoms with Crippen molar-refractivity contribution < 1.29 is 58.2 Å². The summed E-state index contributed by atoms with van der Waals surface area (Å²) < 4.78 is 16.1. The summed E-state index contributed by atoms with van der Waals surface area (Å²) in [6, 6.07) is -2.18. The number of carbonyl (C=O) groups is 7. The SMILES string of the molecule is CN[C@@H](CCCCNC(=O)COCCOCCOCC(=O)NCCCC[C@H](NC(=O)CCCC(=O)NC(CNC(C)(C)/C(C)=N\O)CNC(C)(C)/C(C)=N\O)C(=O)NCCCC[C@H](NC)C(N)=O)C(N)=O. The van der Waals surface area contributed by atoms with Gasteiger partial charge in [-0.1, -0.05) is 10.3 Å². The van der Waals surface area contributed by atoms with E-state index >= 15 is 0 Å². The highest BCUT2D eigenvalue weighted by Gasteiger charge is 2.27. The van der Waals surface area contributed by atoms with Crippen LogP contribution in [0.2, 0.25) is 0 Å².